The van der Waals surface area contributed by atoms with Crippen molar-refractivity contribution in [2.75, 3.05) is 0 Å². The first-order valence-corrected chi connectivity index (χ1v) is 19.7. The molecule has 0 atom stereocenters. The lowest BCUT2D eigenvalue weighted by atomic mass is 10.0. The molecule has 0 aliphatic carbocycles. The van der Waals surface area contributed by atoms with Crippen LogP contribution in [0.5, 0.6) is 0 Å². The summed E-state index contributed by atoms with van der Waals surface area (Å²) in [4.78, 5) is 19.8. The van der Waals surface area contributed by atoms with Crippen molar-refractivity contribution >= 4 is 75.3 Å². The van der Waals surface area contributed by atoms with Crippen molar-refractivity contribution in [2.45, 2.75) is 0 Å². The van der Waals surface area contributed by atoms with Gasteiger partial charge in [-0.05, 0) is 90.0 Å². The van der Waals surface area contributed by atoms with Crippen LogP contribution in [0, 0.1) is 0 Å². The minimum absolute atomic E-state index is 0.589. The zero-order valence-electron chi connectivity index (χ0n) is 30.3. The highest BCUT2D eigenvalue weighted by Gasteiger charge is 2.17. The van der Waals surface area contributed by atoms with Crippen LogP contribution in [-0.2, 0) is 0 Å². The fourth-order valence-corrected chi connectivity index (χ4v) is 9.32. The third-order valence-corrected chi connectivity index (χ3v) is 12.1. The second-order valence-corrected chi connectivity index (χ2v) is 15.4. The fraction of sp³-hybridized carbons (Fsp3) is 0. The minimum atomic E-state index is 0.589. The van der Waals surface area contributed by atoms with Crippen molar-refractivity contribution in [3.8, 4) is 51.0 Å². The highest BCUT2D eigenvalue weighted by molar-refractivity contribution is 7.25. The van der Waals surface area contributed by atoms with Crippen LogP contribution in [-0.4, -0.2) is 24.5 Å². The van der Waals surface area contributed by atoms with Crippen LogP contribution in [0.15, 0.2) is 181 Å². The summed E-state index contributed by atoms with van der Waals surface area (Å²) in [6.07, 6.45) is 3.59. The van der Waals surface area contributed by atoms with E-state index in [2.05, 4.69) is 155 Å². The summed E-state index contributed by atoms with van der Waals surface area (Å²) >= 11 is 1.80. The Balaban J connectivity index is 0.985. The third kappa shape index (κ3) is 5.17. The summed E-state index contributed by atoms with van der Waals surface area (Å²) in [5.74, 6) is 1.81. The van der Waals surface area contributed by atoms with Gasteiger partial charge in [0, 0.05) is 76.5 Å². The zero-order valence-corrected chi connectivity index (χ0v) is 31.1. The molecule has 57 heavy (non-hydrogen) atoms. The van der Waals surface area contributed by atoms with Crippen molar-refractivity contribution in [3.63, 3.8) is 0 Å². The summed E-state index contributed by atoms with van der Waals surface area (Å²) in [6, 6.07) is 57.5. The highest BCUT2D eigenvalue weighted by Crippen LogP contribution is 2.38. The third-order valence-electron chi connectivity index (χ3n) is 11.0. The molecular formula is C50H29N5OS. The molecule has 6 nitrogen and oxygen atoms in total. The predicted molar refractivity (Wildman–Crippen MR) is 234 cm³/mol. The molecule has 12 aromatic rings. The van der Waals surface area contributed by atoms with Crippen molar-refractivity contribution in [3.05, 3.63) is 176 Å². The van der Waals surface area contributed by atoms with Crippen molar-refractivity contribution < 1.29 is 4.42 Å². The predicted octanol–water partition coefficient (Wildman–Crippen LogP) is 13.3. The lowest BCUT2D eigenvalue weighted by Crippen LogP contribution is -2.00. The summed E-state index contributed by atoms with van der Waals surface area (Å²) in [6.45, 7) is 0. The van der Waals surface area contributed by atoms with Gasteiger partial charge in [0.25, 0.3) is 0 Å². The number of benzene rings is 7. The largest absolute Gasteiger partial charge is 0.456 e. The highest BCUT2D eigenvalue weighted by atomic mass is 32.1. The Kier molecular flexibility index (Phi) is 7.00. The van der Waals surface area contributed by atoms with Gasteiger partial charge in [-0.25, -0.2) is 15.0 Å². The molecule has 0 saturated carbocycles. The van der Waals surface area contributed by atoms with Crippen LogP contribution in [0.4, 0.5) is 0 Å². The summed E-state index contributed by atoms with van der Waals surface area (Å²) in [5.41, 5.74) is 10.00. The molecule has 5 heterocycles. The normalized spacial score (nSPS) is 11.9. The van der Waals surface area contributed by atoms with Crippen LogP contribution in [0.3, 0.4) is 0 Å². The van der Waals surface area contributed by atoms with E-state index in [9.17, 15) is 0 Å². The Bertz CT molecular complexity index is 3360. The van der Waals surface area contributed by atoms with Crippen LogP contribution in [0.1, 0.15) is 0 Å². The number of hydrogen-bond acceptors (Lipinski definition) is 6. The molecule has 0 aliphatic heterocycles. The summed E-state index contributed by atoms with van der Waals surface area (Å²) < 4.78 is 11.0. The number of aromatic nitrogens is 5. The Morgan fingerprint density at radius 1 is 0.404 bits per heavy atom. The standard InChI is InChI=1S/C50H29N5OS/c1-4-13-42-36(10-1)37-11-2-5-14-43(37)55(42)35-20-16-30(17-21-35)31-8-7-9-32(26-31)48-52-49(33-18-22-44-39(27-33)41-29-51-25-24-45(41)56-44)54-50(53-48)34-19-23-47-40(28-34)38-12-3-6-15-46(38)57-47/h1-29H. The molecule has 0 fully saturated rings. The van der Waals surface area contributed by atoms with Gasteiger partial charge in [-0.1, -0.05) is 84.9 Å². The van der Waals surface area contributed by atoms with Crippen LogP contribution in [0.25, 0.3) is 115 Å². The molecule has 0 spiro atoms. The molecule has 266 valence electrons. The molecule has 0 saturated heterocycles. The van der Waals surface area contributed by atoms with E-state index in [1.165, 1.54) is 42.0 Å². The maximum Gasteiger partial charge on any atom is 0.164 e. The first-order chi connectivity index (χ1) is 28.2. The Morgan fingerprint density at radius 3 is 1.74 bits per heavy atom. The Morgan fingerprint density at radius 2 is 0.982 bits per heavy atom. The SMILES string of the molecule is c1cc(-c2ccc(-n3c4ccccc4c4ccccc43)cc2)cc(-c2nc(-c3ccc4oc5ccncc5c4c3)nc(-c3ccc4sc5ccccc5c4c3)n2)c1. The fourth-order valence-electron chi connectivity index (χ4n) is 8.23. The van der Waals surface area contributed by atoms with Gasteiger partial charge in [-0.2, -0.15) is 0 Å². The van der Waals surface area contributed by atoms with Gasteiger partial charge in [0.05, 0.1) is 11.0 Å². The average Bonchev–Trinajstić information content (AvgIpc) is 3.95. The van der Waals surface area contributed by atoms with Crippen molar-refractivity contribution in [1.29, 1.82) is 0 Å². The van der Waals surface area contributed by atoms with E-state index in [1.807, 2.05) is 24.4 Å². The molecule has 7 heteroatoms. The molecule has 0 N–H and O–H groups in total. The van der Waals surface area contributed by atoms with E-state index in [-0.39, 0.29) is 0 Å². The topological polar surface area (TPSA) is 69.6 Å². The zero-order chi connectivity index (χ0) is 37.5. The lowest BCUT2D eigenvalue weighted by Gasteiger charge is -2.11. The van der Waals surface area contributed by atoms with Gasteiger partial charge in [-0.3, -0.25) is 4.98 Å². The van der Waals surface area contributed by atoms with E-state index in [4.69, 9.17) is 19.4 Å². The van der Waals surface area contributed by atoms with Crippen LogP contribution in [0.2, 0.25) is 0 Å². The second-order valence-electron chi connectivity index (χ2n) is 14.3. The van der Waals surface area contributed by atoms with Gasteiger partial charge in [0.1, 0.15) is 11.2 Å². The molecule has 7 aromatic carbocycles. The number of rotatable bonds is 5. The molecule has 0 bridgehead atoms. The molecule has 0 radical (unpaired) electrons. The van der Waals surface area contributed by atoms with E-state index >= 15 is 0 Å². The number of nitrogens with zero attached hydrogens (tertiary/aromatic N) is 5. The first-order valence-electron chi connectivity index (χ1n) is 18.9. The number of hydrogen-bond donors (Lipinski definition) is 0. The van der Waals surface area contributed by atoms with Crippen molar-refractivity contribution in [2.24, 2.45) is 0 Å². The monoisotopic (exact) mass is 747 g/mol. The number of para-hydroxylation sites is 2. The molecule has 12 rings (SSSR count). The lowest BCUT2D eigenvalue weighted by molar-refractivity contribution is 0.668. The van der Waals surface area contributed by atoms with Crippen LogP contribution < -0.4 is 0 Å². The van der Waals surface area contributed by atoms with Gasteiger partial charge in [0.2, 0.25) is 0 Å². The first kappa shape index (κ1) is 31.8. The number of pyridine rings is 1. The summed E-state index contributed by atoms with van der Waals surface area (Å²) in [7, 11) is 0. The molecule has 0 unspecified atom stereocenters. The Labute approximate surface area is 330 Å². The number of fused-ring (bicyclic) bond motifs is 9. The van der Waals surface area contributed by atoms with Gasteiger partial charge < -0.3 is 8.98 Å². The smallest absolute Gasteiger partial charge is 0.164 e. The van der Waals surface area contributed by atoms with Gasteiger partial charge >= 0.3 is 0 Å². The molecular weight excluding hydrogens is 719 g/mol. The quantitative estimate of drug-likeness (QED) is 0.175. The number of furan rings is 1. The maximum atomic E-state index is 6.13. The maximum absolute atomic E-state index is 6.13. The van der Waals surface area contributed by atoms with Crippen LogP contribution >= 0.6 is 11.3 Å². The Hall–Kier alpha value is -7.48. The second kappa shape index (κ2) is 12.5. The van der Waals surface area contributed by atoms with Crippen molar-refractivity contribution in [1.82, 2.24) is 24.5 Å². The van der Waals surface area contributed by atoms with E-state index in [0.29, 0.717) is 17.5 Å². The molecule has 5 aromatic heterocycles. The minimum Gasteiger partial charge on any atom is -0.456 e. The average molecular weight is 748 g/mol. The van der Waals surface area contributed by atoms with E-state index < -0.39 is 0 Å². The molecule has 0 aliphatic rings. The molecule has 0 amide bonds. The summed E-state index contributed by atoms with van der Waals surface area (Å²) in [5, 5.41) is 6.85. The number of thiophene rings is 1. The van der Waals surface area contributed by atoms with Gasteiger partial charge in [0.15, 0.2) is 17.5 Å². The van der Waals surface area contributed by atoms with E-state index in [0.717, 1.165) is 55.4 Å². The van der Waals surface area contributed by atoms with E-state index in [1.54, 1.807) is 17.5 Å². The van der Waals surface area contributed by atoms with Gasteiger partial charge in [-0.15, -0.1) is 11.3 Å².